The van der Waals surface area contributed by atoms with Crippen molar-refractivity contribution in [1.29, 1.82) is 0 Å². The summed E-state index contributed by atoms with van der Waals surface area (Å²) in [6.45, 7) is 8.24. The SMILES string of the molecule is CC(CN1CCCC1=O)NC(=O)CC(C)(C(=O)O)C(C)C. The molecular formula is C15H26N2O4. The van der Waals surface area contributed by atoms with Crippen molar-refractivity contribution >= 4 is 17.8 Å². The lowest BCUT2D eigenvalue weighted by Crippen LogP contribution is -2.45. The van der Waals surface area contributed by atoms with Crippen LogP contribution in [0.15, 0.2) is 0 Å². The maximum absolute atomic E-state index is 12.1. The van der Waals surface area contributed by atoms with Crippen LogP contribution in [0.4, 0.5) is 0 Å². The molecule has 6 nitrogen and oxygen atoms in total. The summed E-state index contributed by atoms with van der Waals surface area (Å²) >= 11 is 0. The lowest BCUT2D eigenvalue weighted by atomic mass is 9.76. The summed E-state index contributed by atoms with van der Waals surface area (Å²) in [5, 5.41) is 12.1. The van der Waals surface area contributed by atoms with Gasteiger partial charge in [-0.25, -0.2) is 0 Å². The van der Waals surface area contributed by atoms with Gasteiger partial charge in [0, 0.05) is 32.0 Å². The first-order chi connectivity index (χ1) is 9.66. The number of nitrogens with one attached hydrogen (secondary N) is 1. The van der Waals surface area contributed by atoms with Crippen LogP contribution >= 0.6 is 0 Å². The minimum absolute atomic E-state index is 0.0573. The quantitative estimate of drug-likeness (QED) is 0.740. The van der Waals surface area contributed by atoms with Crippen LogP contribution in [0.1, 0.15) is 47.0 Å². The molecule has 0 radical (unpaired) electrons. The fourth-order valence-corrected chi connectivity index (χ4v) is 2.46. The molecule has 1 aliphatic rings. The van der Waals surface area contributed by atoms with Gasteiger partial charge in [-0.1, -0.05) is 13.8 Å². The third-order valence-corrected chi connectivity index (χ3v) is 4.36. The van der Waals surface area contributed by atoms with E-state index in [1.165, 1.54) is 0 Å². The summed E-state index contributed by atoms with van der Waals surface area (Å²) in [6, 6.07) is -0.176. The summed E-state index contributed by atoms with van der Waals surface area (Å²) in [7, 11) is 0. The Bertz CT molecular complexity index is 422. The van der Waals surface area contributed by atoms with Gasteiger partial charge in [0.2, 0.25) is 11.8 Å². The molecule has 0 saturated carbocycles. The molecule has 2 unspecified atom stereocenters. The molecule has 2 atom stereocenters. The smallest absolute Gasteiger partial charge is 0.310 e. The Balaban J connectivity index is 2.52. The highest BCUT2D eigenvalue weighted by atomic mass is 16.4. The first-order valence-electron chi connectivity index (χ1n) is 7.47. The van der Waals surface area contributed by atoms with Crippen molar-refractivity contribution < 1.29 is 19.5 Å². The second-order valence-electron chi connectivity index (χ2n) is 6.47. The summed E-state index contributed by atoms with van der Waals surface area (Å²) < 4.78 is 0. The molecule has 1 fully saturated rings. The summed E-state index contributed by atoms with van der Waals surface area (Å²) in [5.74, 6) is -1.27. The minimum atomic E-state index is -1.08. The van der Waals surface area contributed by atoms with E-state index in [0.717, 1.165) is 13.0 Å². The summed E-state index contributed by atoms with van der Waals surface area (Å²) in [6.07, 6.45) is 1.38. The highest BCUT2D eigenvalue weighted by molar-refractivity contribution is 5.85. The molecule has 0 aromatic rings. The van der Waals surface area contributed by atoms with Gasteiger partial charge >= 0.3 is 5.97 Å². The number of hydrogen-bond acceptors (Lipinski definition) is 3. The normalized spacial score (nSPS) is 19.5. The third-order valence-electron chi connectivity index (χ3n) is 4.36. The van der Waals surface area contributed by atoms with Gasteiger partial charge in [0.15, 0.2) is 0 Å². The highest BCUT2D eigenvalue weighted by Crippen LogP contribution is 2.31. The number of carboxylic acid groups (broad SMARTS) is 1. The molecule has 6 heteroatoms. The van der Waals surface area contributed by atoms with E-state index in [1.54, 1.807) is 25.7 Å². The van der Waals surface area contributed by atoms with Gasteiger partial charge in [-0.3, -0.25) is 14.4 Å². The molecule has 21 heavy (non-hydrogen) atoms. The van der Waals surface area contributed by atoms with Crippen LogP contribution < -0.4 is 5.32 Å². The number of carbonyl (C=O) groups is 3. The molecule has 1 saturated heterocycles. The van der Waals surface area contributed by atoms with E-state index >= 15 is 0 Å². The zero-order chi connectivity index (χ0) is 16.2. The zero-order valence-corrected chi connectivity index (χ0v) is 13.3. The second-order valence-corrected chi connectivity index (χ2v) is 6.47. The third kappa shape index (κ3) is 4.44. The van der Waals surface area contributed by atoms with E-state index < -0.39 is 11.4 Å². The molecule has 0 spiro atoms. The molecule has 0 aliphatic carbocycles. The Kier molecular flexibility index (Phi) is 5.75. The Hall–Kier alpha value is -1.59. The monoisotopic (exact) mass is 298 g/mol. The molecule has 2 N–H and O–H groups in total. The van der Waals surface area contributed by atoms with Crippen LogP contribution in [-0.2, 0) is 14.4 Å². The minimum Gasteiger partial charge on any atom is -0.481 e. The van der Waals surface area contributed by atoms with Gasteiger partial charge in [0.25, 0.3) is 0 Å². The Morgan fingerprint density at radius 1 is 1.38 bits per heavy atom. The number of amides is 2. The van der Waals surface area contributed by atoms with Crippen molar-refractivity contribution in [3.05, 3.63) is 0 Å². The highest BCUT2D eigenvalue weighted by Gasteiger charge is 2.39. The fraction of sp³-hybridized carbons (Fsp3) is 0.800. The van der Waals surface area contributed by atoms with Crippen LogP contribution in [-0.4, -0.2) is 46.9 Å². The van der Waals surface area contributed by atoms with Crippen molar-refractivity contribution in [1.82, 2.24) is 10.2 Å². The fourth-order valence-electron chi connectivity index (χ4n) is 2.46. The van der Waals surface area contributed by atoms with Gasteiger partial charge in [0.05, 0.1) is 5.41 Å². The number of nitrogens with zero attached hydrogens (tertiary/aromatic N) is 1. The predicted octanol–water partition coefficient (Wildman–Crippen LogP) is 1.25. The lowest BCUT2D eigenvalue weighted by Gasteiger charge is -2.29. The van der Waals surface area contributed by atoms with E-state index in [0.29, 0.717) is 13.0 Å². The van der Waals surface area contributed by atoms with E-state index in [2.05, 4.69) is 5.32 Å². The van der Waals surface area contributed by atoms with Gasteiger partial charge in [-0.2, -0.15) is 0 Å². The first kappa shape index (κ1) is 17.5. The predicted molar refractivity (Wildman–Crippen MR) is 78.6 cm³/mol. The number of rotatable bonds is 7. The molecule has 0 aromatic carbocycles. The Morgan fingerprint density at radius 3 is 2.43 bits per heavy atom. The van der Waals surface area contributed by atoms with Crippen LogP contribution in [0, 0.1) is 11.3 Å². The number of carbonyl (C=O) groups excluding carboxylic acids is 2. The molecular weight excluding hydrogens is 272 g/mol. The van der Waals surface area contributed by atoms with Crippen LogP contribution in [0.3, 0.4) is 0 Å². The first-order valence-corrected chi connectivity index (χ1v) is 7.47. The van der Waals surface area contributed by atoms with Crippen molar-refractivity contribution in [2.45, 2.75) is 53.0 Å². The molecule has 2 amide bonds. The van der Waals surface area contributed by atoms with Crippen molar-refractivity contribution in [3.63, 3.8) is 0 Å². The van der Waals surface area contributed by atoms with Crippen LogP contribution in [0.2, 0.25) is 0 Å². The maximum atomic E-state index is 12.1. The van der Waals surface area contributed by atoms with Crippen molar-refractivity contribution in [2.24, 2.45) is 11.3 Å². The Labute approximate surface area is 125 Å². The van der Waals surface area contributed by atoms with E-state index in [9.17, 15) is 19.5 Å². The van der Waals surface area contributed by atoms with Gasteiger partial charge < -0.3 is 15.3 Å². The topological polar surface area (TPSA) is 86.7 Å². The largest absolute Gasteiger partial charge is 0.481 e. The molecule has 120 valence electrons. The van der Waals surface area contributed by atoms with Crippen molar-refractivity contribution in [2.75, 3.05) is 13.1 Å². The number of aliphatic carboxylic acids is 1. The lowest BCUT2D eigenvalue weighted by molar-refractivity contribution is -0.153. The number of hydrogen-bond donors (Lipinski definition) is 2. The maximum Gasteiger partial charge on any atom is 0.310 e. The molecule has 0 bridgehead atoms. The zero-order valence-electron chi connectivity index (χ0n) is 13.3. The standard InChI is InChI=1S/C15H26N2O4/c1-10(2)15(4,14(20)21)8-12(18)16-11(3)9-17-7-5-6-13(17)19/h10-11H,5-9H2,1-4H3,(H,16,18)(H,20,21). The number of carboxylic acids is 1. The molecule has 1 heterocycles. The average Bonchev–Trinajstić information content (AvgIpc) is 2.73. The van der Waals surface area contributed by atoms with E-state index in [-0.39, 0.29) is 30.2 Å². The Morgan fingerprint density at radius 2 is 2.00 bits per heavy atom. The summed E-state index contributed by atoms with van der Waals surface area (Å²) in [4.78, 5) is 36.7. The summed E-state index contributed by atoms with van der Waals surface area (Å²) in [5.41, 5.74) is -1.08. The average molecular weight is 298 g/mol. The molecule has 0 aromatic heterocycles. The second kappa shape index (κ2) is 6.91. The van der Waals surface area contributed by atoms with Gasteiger partial charge in [-0.15, -0.1) is 0 Å². The van der Waals surface area contributed by atoms with Crippen LogP contribution in [0.5, 0.6) is 0 Å². The molecule has 1 aliphatic heterocycles. The van der Waals surface area contributed by atoms with E-state index in [1.807, 2.05) is 6.92 Å². The van der Waals surface area contributed by atoms with Crippen molar-refractivity contribution in [3.8, 4) is 0 Å². The van der Waals surface area contributed by atoms with Gasteiger partial charge in [-0.05, 0) is 26.2 Å². The van der Waals surface area contributed by atoms with E-state index in [4.69, 9.17) is 0 Å². The number of likely N-dealkylation sites (tertiary alicyclic amines) is 1. The molecule has 1 rings (SSSR count). The van der Waals surface area contributed by atoms with Crippen LogP contribution in [0.25, 0.3) is 0 Å². The van der Waals surface area contributed by atoms with Gasteiger partial charge in [0.1, 0.15) is 0 Å².